The molecular formula is C12H15N3O3. The van der Waals surface area contributed by atoms with Crippen molar-refractivity contribution < 1.29 is 14.7 Å². The molecule has 0 aliphatic carbocycles. The summed E-state index contributed by atoms with van der Waals surface area (Å²) in [6, 6.07) is 1.84. The molecule has 1 rings (SSSR count). The van der Waals surface area contributed by atoms with Gasteiger partial charge in [-0.15, -0.1) is 6.42 Å². The first-order valence-electron chi connectivity index (χ1n) is 5.38. The Bertz CT molecular complexity index is 499. The Labute approximate surface area is 105 Å². The van der Waals surface area contributed by atoms with Gasteiger partial charge >= 0.3 is 5.97 Å². The number of carbonyl (C=O) groups excluding carboxylic acids is 1. The van der Waals surface area contributed by atoms with Gasteiger partial charge in [-0.2, -0.15) is 5.10 Å². The van der Waals surface area contributed by atoms with E-state index in [1.807, 2.05) is 19.9 Å². The maximum Gasteiger partial charge on any atom is 0.323 e. The first-order chi connectivity index (χ1) is 8.43. The highest BCUT2D eigenvalue weighted by Crippen LogP contribution is 2.03. The van der Waals surface area contributed by atoms with Crippen molar-refractivity contribution in [2.24, 2.45) is 0 Å². The number of aromatic nitrogens is 2. The Morgan fingerprint density at radius 3 is 2.67 bits per heavy atom. The molecule has 0 spiro atoms. The molecule has 0 saturated carbocycles. The first-order valence-corrected chi connectivity index (χ1v) is 5.38. The van der Waals surface area contributed by atoms with Gasteiger partial charge in [0.25, 0.3) is 0 Å². The van der Waals surface area contributed by atoms with Crippen LogP contribution in [0.4, 0.5) is 0 Å². The van der Waals surface area contributed by atoms with Crippen molar-refractivity contribution in [3.63, 3.8) is 0 Å². The van der Waals surface area contributed by atoms with Crippen molar-refractivity contribution >= 4 is 11.9 Å². The number of carbonyl (C=O) groups is 2. The van der Waals surface area contributed by atoms with Gasteiger partial charge in [0, 0.05) is 5.69 Å². The molecule has 0 aromatic carbocycles. The number of aliphatic carboxylic acids is 1. The molecule has 18 heavy (non-hydrogen) atoms. The predicted octanol–water partition coefficient (Wildman–Crippen LogP) is 0.0463. The highest BCUT2D eigenvalue weighted by atomic mass is 16.4. The second-order valence-corrected chi connectivity index (χ2v) is 3.93. The molecule has 6 nitrogen and oxygen atoms in total. The van der Waals surface area contributed by atoms with Crippen LogP contribution in [0.1, 0.15) is 11.4 Å². The number of nitrogens with zero attached hydrogens (tertiary/aromatic N) is 3. The van der Waals surface area contributed by atoms with Crippen molar-refractivity contribution in [1.82, 2.24) is 14.7 Å². The molecule has 0 fully saturated rings. The highest BCUT2D eigenvalue weighted by Gasteiger charge is 2.17. The van der Waals surface area contributed by atoms with Gasteiger partial charge in [-0.25, -0.2) is 0 Å². The van der Waals surface area contributed by atoms with E-state index in [0.717, 1.165) is 16.3 Å². The summed E-state index contributed by atoms with van der Waals surface area (Å²) < 4.78 is 1.53. The quantitative estimate of drug-likeness (QED) is 0.748. The molecule has 1 amide bonds. The SMILES string of the molecule is C#CCN(CC(=O)O)C(=O)Cn1nc(C)cc1C. The number of hydrogen-bond acceptors (Lipinski definition) is 3. The lowest BCUT2D eigenvalue weighted by atomic mass is 10.4. The van der Waals surface area contributed by atoms with Crippen LogP contribution in [0.25, 0.3) is 0 Å². The van der Waals surface area contributed by atoms with Gasteiger partial charge in [-0.05, 0) is 19.9 Å². The normalized spacial score (nSPS) is 9.83. The van der Waals surface area contributed by atoms with Crippen LogP contribution in [0.15, 0.2) is 6.07 Å². The summed E-state index contributed by atoms with van der Waals surface area (Å²) in [4.78, 5) is 23.6. The Balaban J connectivity index is 2.75. The average molecular weight is 249 g/mol. The van der Waals surface area contributed by atoms with E-state index < -0.39 is 12.5 Å². The standard InChI is InChI=1S/C12H15N3O3/c1-4-5-14(8-12(17)18)11(16)7-15-10(3)6-9(2)13-15/h1,6H,5,7-8H2,2-3H3,(H,17,18). The smallest absolute Gasteiger partial charge is 0.323 e. The van der Waals surface area contributed by atoms with Crippen LogP contribution in [0.5, 0.6) is 0 Å². The van der Waals surface area contributed by atoms with Gasteiger partial charge in [0.15, 0.2) is 0 Å². The lowest BCUT2D eigenvalue weighted by Crippen LogP contribution is -2.38. The molecule has 1 aromatic heterocycles. The van der Waals surface area contributed by atoms with Crippen LogP contribution < -0.4 is 0 Å². The molecule has 0 atom stereocenters. The van der Waals surface area contributed by atoms with Gasteiger partial charge < -0.3 is 10.0 Å². The molecule has 1 heterocycles. The maximum atomic E-state index is 11.9. The Morgan fingerprint density at radius 1 is 1.56 bits per heavy atom. The Morgan fingerprint density at radius 2 is 2.22 bits per heavy atom. The zero-order chi connectivity index (χ0) is 13.7. The third-order valence-corrected chi connectivity index (χ3v) is 2.35. The minimum atomic E-state index is -1.09. The van der Waals surface area contributed by atoms with Gasteiger partial charge in [-0.1, -0.05) is 5.92 Å². The average Bonchev–Trinajstić information content (AvgIpc) is 2.56. The van der Waals surface area contributed by atoms with Gasteiger partial charge in [0.2, 0.25) is 5.91 Å². The first kappa shape index (κ1) is 13.8. The van der Waals surface area contributed by atoms with Crippen molar-refractivity contribution in [2.75, 3.05) is 13.1 Å². The number of carboxylic acids is 1. The monoisotopic (exact) mass is 249 g/mol. The summed E-state index contributed by atoms with van der Waals surface area (Å²) in [5, 5.41) is 12.8. The molecular weight excluding hydrogens is 234 g/mol. The number of amides is 1. The van der Waals surface area contributed by atoms with E-state index in [4.69, 9.17) is 11.5 Å². The molecule has 1 aromatic rings. The largest absolute Gasteiger partial charge is 0.480 e. The number of hydrogen-bond donors (Lipinski definition) is 1. The zero-order valence-corrected chi connectivity index (χ0v) is 10.4. The minimum Gasteiger partial charge on any atom is -0.480 e. The van der Waals surface area contributed by atoms with E-state index in [1.54, 1.807) is 0 Å². The van der Waals surface area contributed by atoms with Gasteiger partial charge in [0.1, 0.15) is 13.1 Å². The summed E-state index contributed by atoms with van der Waals surface area (Å²) in [5.41, 5.74) is 1.65. The molecule has 6 heteroatoms. The number of rotatable bonds is 5. The van der Waals surface area contributed by atoms with Crippen molar-refractivity contribution in [2.45, 2.75) is 20.4 Å². The fourth-order valence-corrected chi connectivity index (χ4v) is 1.57. The zero-order valence-electron chi connectivity index (χ0n) is 10.4. The van der Waals surface area contributed by atoms with Gasteiger partial charge in [0.05, 0.1) is 12.2 Å². The lowest BCUT2D eigenvalue weighted by molar-refractivity contribution is -0.144. The van der Waals surface area contributed by atoms with Crippen molar-refractivity contribution in [1.29, 1.82) is 0 Å². The predicted molar refractivity (Wildman–Crippen MR) is 64.7 cm³/mol. The van der Waals surface area contributed by atoms with E-state index in [1.165, 1.54) is 4.68 Å². The molecule has 0 unspecified atom stereocenters. The van der Waals surface area contributed by atoms with E-state index in [0.29, 0.717) is 0 Å². The van der Waals surface area contributed by atoms with E-state index in [9.17, 15) is 9.59 Å². The summed E-state index contributed by atoms with van der Waals surface area (Å²) in [5.74, 6) is 0.821. The van der Waals surface area contributed by atoms with Crippen LogP contribution in [0.3, 0.4) is 0 Å². The highest BCUT2D eigenvalue weighted by molar-refractivity contribution is 5.81. The maximum absolute atomic E-state index is 11.9. The fourth-order valence-electron chi connectivity index (χ4n) is 1.57. The van der Waals surface area contributed by atoms with Crippen molar-refractivity contribution in [3.8, 4) is 12.3 Å². The third-order valence-electron chi connectivity index (χ3n) is 2.35. The van der Waals surface area contributed by atoms with Crippen LogP contribution in [-0.2, 0) is 16.1 Å². The molecule has 0 aliphatic heterocycles. The number of terminal acetylenes is 1. The second-order valence-electron chi connectivity index (χ2n) is 3.93. The van der Waals surface area contributed by atoms with Gasteiger partial charge in [-0.3, -0.25) is 14.3 Å². The Kier molecular flexibility index (Phi) is 4.49. The minimum absolute atomic E-state index is 0.00532. The lowest BCUT2D eigenvalue weighted by Gasteiger charge is -2.18. The van der Waals surface area contributed by atoms with E-state index in [2.05, 4.69) is 11.0 Å². The summed E-state index contributed by atoms with van der Waals surface area (Å²) in [6.45, 7) is 3.22. The fraction of sp³-hybridized carbons (Fsp3) is 0.417. The third kappa shape index (κ3) is 3.63. The van der Waals surface area contributed by atoms with Crippen LogP contribution >= 0.6 is 0 Å². The molecule has 0 aliphatic rings. The van der Waals surface area contributed by atoms with Crippen molar-refractivity contribution in [3.05, 3.63) is 17.5 Å². The Hall–Kier alpha value is -2.29. The molecule has 96 valence electrons. The summed E-state index contributed by atoms with van der Waals surface area (Å²) in [6.07, 6.45) is 5.11. The molecule has 0 saturated heterocycles. The van der Waals surface area contributed by atoms with E-state index >= 15 is 0 Å². The molecule has 1 N–H and O–H groups in total. The topological polar surface area (TPSA) is 75.4 Å². The van der Waals surface area contributed by atoms with Crippen LogP contribution in [0, 0.1) is 26.2 Å². The number of aryl methyl sites for hydroxylation is 2. The summed E-state index contributed by atoms with van der Waals surface area (Å²) in [7, 11) is 0. The second kappa shape index (κ2) is 5.87. The summed E-state index contributed by atoms with van der Waals surface area (Å²) >= 11 is 0. The molecule has 0 radical (unpaired) electrons. The molecule has 0 bridgehead atoms. The van der Waals surface area contributed by atoms with Crippen LogP contribution in [0.2, 0.25) is 0 Å². The number of carboxylic acid groups (broad SMARTS) is 1. The van der Waals surface area contributed by atoms with E-state index in [-0.39, 0.29) is 19.0 Å². The van der Waals surface area contributed by atoms with Crippen LogP contribution in [-0.4, -0.2) is 44.8 Å².